The van der Waals surface area contributed by atoms with Gasteiger partial charge in [0, 0.05) is 44.8 Å². The van der Waals surface area contributed by atoms with Gasteiger partial charge in [0.2, 0.25) is 5.78 Å². The van der Waals surface area contributed by atoms with Gasteiger partial charge in [0.15, 0.2) is 5.58 Å². The molecule has 1 amide bonds. The number of anilines is 1. The van der Waals surface area contributed by atoms with Crippen LogP contribution in [-0.2, 0) is 0 Å². The van der Waals surface area contributed by atoms with Crippen molar-refractivity contribution in [3.05, 3.63) is 54.6 Å². The van der Waals surface area contributed by atoms with Crippen molar-refractivity contribution in [2.75, 3.05) is 31.1 Å². The molecule has 1 aliphatic heterocycles. The highest BCUT2D eigenvalue weighted by Crippen LogP contribution is 2.22. The molecule has 0 spiro atoms. The van der Waals surface area contributed by atoms with Gasteiger partial charge in [-0.05, 0) is 24.6 Å². The van der Waals surface area contributed by atoms with Gasteiger partial charge in [-0.25, -0.2) is 9.97 Å². The fraction of sp³-hybridized carbons (Fsp3) is 0.263. The van der Waals surface area contributed by atoms with Crippen molar-refractivity contribution < 1.29 is 9.21 Å². The van der Waals surface area contributed by atoms with Gasteiger partial charge in [-0.1, -0.05) is 12.1 Å². The average Bonchev–Trinajstić information content (AvgIpc) is 3.24. The van der Waals surface area contributed by atoms with Gasteiger partial charge in [-0.15, -0.1) is 0 Å². The Bertz CT molecular complexity index is 1050. The maximum Gasteiger partial charge on any atom is 0.298 e. The lowest BCUT2D eigenvalue weighted by atomic mass is 10.3. The zero-order chi connectivity index (χ0) is 18.2. The van der Waals surface area contributed by atoms with E-state index in [0.29, 0.717) is 37.1 Å². The molecule has 0 aliphatic carbocycles. The highest BCUT2D eigenvalue weighted by molar-refractivity contribution is 5.92. The number of nitrogens with zero attached hydrogens (tertiary/aromatic N) is 6. The maximum absolute atomic E-state index is 12.9. The number of oxazole rings is 1. The van der Waals surface area contributed by atoms with Crippen molar-refractivity contribution >= 4 is 28.8 Å². The number of aromatic nitrogens is 4. The van der Waals surface area contributed by atoms with E-state index in [1.165, 1.54) is 0 Å². The number of para-hydroxylation sites is 2. The van der Waals surface area contributed by atoms with E-state index >= 15 is 0 Å². The standard InChI is InChI=1S/C19H18N6O2/c26-17(15-13-25-8-3-7-20-18(25)21-15)23-9-4-10-24(12-11-23)19-22-14-5-1-2-6-16(14)27-19/h1-3,5-8,13H,4,9-12H2. The molecule has 1 fully saturated rings. The van der Waals surface area contributed by atoms with Crippen LogP contribution in [0.15, 0.2) is 53.3 Å². The highest BCUT2D eigenvalue weighted by atomic mass is 16.4. The van der Waals surface area contributed by atoms with E-state index in [0.717, 1.165) is 24.1 Å². The third kappa shape index (κ3) is 2.88. The van der Waals surface area contributed by atoms with Crippen LogP contribution >= 0.6 is 0 Å². The van der Waals surface area contributed by atoms with Gasteiger partial charge in [0.1, 0.15) is 11.2 Å². The number of carbonyl (C=O) groups excluding carboxylic acids is 1. The first-order valence-corrected chi connectivity index (χ1v) is 8.97. The monoisotopic (exact) mass is 362 g/mol. The molecular formula is C19H18N6O2. The van der Waals surface area contributed by atoms with Gasteiger partial charge >= 0.3 is 0 Å². The summed E-state index contributed by atoms with van der Waals surface area (Å²) < 4.78 is 7.63. The van der Waals surface area contributed by atoms with E-state index < -0.39 is 0 Å². The Hall–Kier alpha value is -3.42. The highest BCUT2D eigenvalue weighted by Gasteiger charge is 2.24. The lowest BCUT2D eigenvalue weighted by Gasteiger charge is -2.20. The van der Waals surface area contributed by atoms with Crippen LogP contribution in [0.5, 0.6) is 0 Å². The van der Waals surface area contributed by atoms with Crippen molar-refractivity contribution in [3.63, 3.8) is 0 Å². The zero-order valence-corrected chi connectivity index (χ0v) is 14.7. The summed E-state index contributed by atoms with van der Waals surface area (Å²) in [6.07, 6.45) is 6.08. The molecule has 0 radical (unpaired) electrons. The predicted molar refractivity (Wildman–Crippen MR) is 99.7 cm³/mol. The Morgan fingerprint density at radius 3 is 2.85 bits per heavy atom. The van der Waals surface area contributed by atoms with Crippen molar-refractivity contribution in [2.24, 2.45) is 0 Å². The van der Waals surface area contributed by atoms with E-state index in [-0.39, 0.29) is 5.91 Å². The summed E-state index contributed by atoms with van der Waals surface area (Å²) in [4.78, 5) is 29.9. The molecule has 4 aromatic rings. The van der Waals surface area contributed by atoms with Crippen molar-refractivity contribution in [1.29, 1.82) is 0 Å². The number of rotatable bonds is 2. The molecule has 0 unspecified atom stereocenters. The SMILES string of the molecule is O=C(c1cn2cccnc2n1)N1CCCN(c2nc3ccccc3o2)CC1. The van der Waals surface area contributed by atoms with Crippen LogP contribution in [0, 0.1) is 0 Å². The third-order valence-electron chi connectivity index (χ3n) is 4.79. The first kappa shape index (κ1) is 15.8. The molecule has 0 atom stereocenters. The van der Waals surface area contributed by atoms with Gasteiger partial charge in [0.25, 0.3) is 11.9 Å². The average molecular weight is 362 g/mol. The molecule has 136 valence electrons. The predicted octanol–water partition coefficient (Wildman–Crippen LogP) is 2.22. The Kier molecular flexibility index (Phi) is 3.74. The first-order chi connectivity index (χ1) is 13.3. The van der Waals surface area contributed by atoms with Crippen molar-refractivity contribution in [2.45, 2.75) is 6.42 Å². The van der Waals surface area contributed by atoms with E-state index in [4.69, 9.17) is 4.42 Å². The van der Waals surface area contributed by atoms with Crippen LogP contribution in [0.4, 0.5) is 6.01 Å². The minimum atomic E-state index is -0.0695. The lowest BCUT2D eigenvalue weighted by Crippen LogP contribution is -2.35. The molecule has 1 saturated heterocycles. The summed E-state index contributed by atoms with van der Waals surface area (Å²) in [5.41, 5.74) is 2.05. The van der Waals surface area contributed by atoms with Crippen LogP contribution in [0.2, 0.25) is 0 Å². The number of fused-ring (bicyclic) bond motifs is 2. The molecule has 4 heterocycles. The topological polar surface area (TPSA) is 79.8 Å². The fourth-order valence-electron chi connectivity index (χ4n) is 3.40. The Labute approximate surface area is 155 Å². The van der Waals surface area contributed by atoms with Crippen LogP contribution in [-0.4, -0.2) is 56.3 Å². The molecule has 3 aromatic heterocycles. The number of hydrogen-bond donors (Lipinski definition) is 0. The molecular weight excluding hydrogens is 344 g/mol. The minimum Gasteiger partial charge on any atom is -0.423 e. The molecule has 27 heavy (non-hydrogen) atoms. The molecule has 5 rings (SSSR count). The largest absolute Gasteiger partial charge is 0.423 e. The Morgan fingerprint density at radius 1 is 1.04 bits per heavy atom. The Balaban J connectivity index is 1.33. The van der Waals surface area contributed by atoms with E-state index in [9.17, 15) is 4.79 Å². The Morgan fingerprint density at radius 2 is 1.96 bits per heavy atom. The summed E-state index contributed by atoms with van der Waals surface area (Å²) >= 11 is 0. The van der Waals surface area contributed by atoms with Gasteiger partial charge in [0.05, 0.1) is 0 Å². The summed E-state index contributed by atoms with van der Waals surface area (Å²) in [7, 11) is 0. The summed E-state index contributed by atoms with van der Waals surface area (Å²) in [6.45, 7) is 2.74. The lowest BCUT2D eigenvalue weighted by molar-refractivity contribution is 0.0761. The smallest absolute Gasteiger partial charge is 0.298 e. The van der Waals surface area contributed by atoms with Crippen LogP contribution in [0.1, 0.15) is 16.9 Å². The molecule has 1 aliphatic rings. The maximum atomic E-state index is 12.9. The van der Waals surface area contributed by atoms with Crippen LogP contribution in [0.3, 0.4) is 0 Å². The zero-order valence-electron chi connectivity index (χ0n) is 14.7. The van der Waals surface area contributed by atoms with Crippen LogP contribution in [0.25, 0.3) is 16.9 Å². The van der Waals surface area contributed by atoms with Gasteiger partial charge < -0.3 is 14.2 Å². The van der Waals surface area contributed by atoms with Gasteiger partial charge in [-0.2, -0.15) is 4.98 Å². The molecule has 8 nitrogen and oxygen atoms in total. The normalized spacial score (nSPS) is 15.4. The molecule has 0 bridgehead atoms. The molecule has 8 heteroatoms. The number of hydrogen-bond acceptors (Lipinski definition) is 6. The molecule has 1 aromatic carbocycles. The number of amides is 1. The summed E-state index contributed by atoms with van der Waals surface area (Å²) in [6, 6.07) is 10.2. The first-order valence-electron chi connectivity index (χ1n) is 8.97. The second kappa shape index (κ2) is 6.39. The summed E-state index contributed by atoms with van der Waals surface area (Å²) in [5.74, 6) is 0.462. The van der Waals surface area contributed by atoms with Crippen molar-refractivity contribution in [3.8, 4) is 0 Å². The van der Waals surface area contributed by atoms with Gasteiger partial charge in [-0.3, -0.25) is 9.20 Å². The quantitative estimate of drug-likeness (QED) is 0.544. The summed E-state index contributed by atoms with van der Waals surface area (Å²) in [5, 5.41) is 0. The fourth-order valence-corrected chi connectivity index (χ4v) is 3.40. The molecule has 0 saturated carbocycles. The number of benzene rings is 1. The minimum absolute atomic E-state index is 0.0695. The van der Waals surface area contributed by atoms with E-state index in [2.05, 4.69) is 19.9 Å². The number of imidazole rings is 1. The van der Waals surface area contributed by atoms with Crippen LogP contribution < -0.4 is 4.90 Å². The van der Waals surface area contributed by atoms with E-state index in [1.807, 2.05) is 41.4 Å². The second-order valence-corrected chi connectivity index (χ2v) is 6.55. The van der Waals surface area contributed by atoms with E-state index in [1.54, 1.807) is 16.8 Å². The number of carbonyl (C=O) groups is 1. The third-order valence-corrected chi connectivity index (χ3v) is 4.79. The van der Waals surface area contributed by atoms with Crippen molar-refractivity contribution in [1.82, 2.24) is 24.3 Å². The second-order valence-electron chi connectivity index (χ2n) is 6.55. The molecule has 0 N–H and O–H groups in total.